The van der Waals surface area contributed by atoms with Gasteiger partial charge in [0.2, 0.25) is 0 Å². The molecule has 0 saturated carbocycles. The van der Waals surface area contributed by atoms with Crippen LogP contribution < -0.4 is 0 Å². The van der Waals surface area contributed by atoms with Gasteiger partial charge in [-0.3, -0.25) is 4.68 Å². The zero-order valence-corrected chi connectivity index (χ0v) is 12.3. The molecule has 0 unspecified atom stereocenters. The van der Waals surface area contributed by atoms with E-state index in [-0.39, 0.29) is 0 Å². The first-order valence-electron chi connectivity index (χ1n) is 5.63. The number of rotatable bonds is 7. The molecule has 0 fully saturated rings. The van der Waals surface area contributed by atoms with Crippen LogP contribution in [0.3, 0.4) is 0 Å². The smallest absolute Gasteiger partial charge is 0.129 e. The van der Waals surface area contributed by atoms with Gasteiger partial charge in [0, 0.05) is 12.6 Å². The first-order chi connectivity index (χ1) is 7.24. The van der Waals surface area contributed by atoms with Gasteiger partial charge in [0.15, 0.2) is 0 Å². The Morgan fingerprint density at radius 1 is 1.13 bits per heavy atom. The van der Waals surface area contributed by atoms with E-state index in [2.05, 4.69) is 43.9 Å². The summed E-state index contributed by atoms with van der Waals surface area (Å²) in [6, 6.07) is 1.98. The van der Waals surface area contributed by atoms with Crippen LogP contribution in [-0.2, 0) is 6.54 Å². The maximum absolute atomic E-state index is 4.33. The van der Waals surface area contributed by atoms with E-state index in [1.54, 1.807) is 0 Å². The van der Waals surface area contributed by atoms with Crippen molar-refractivity contribution in [2.45, 2.75) is 52.0 Å². The molecule has 1 aromatic heterocycles. The lowest BCUT2D eigenvalue weighted by molar-refractivity contribution is 0.520. The average molecular weight is 338 g/mol. The fourth-order valence-electron chi connectivity index (χ4n) is 1.56. The molecule has 0 bridgehead atoms. The molecule has 0 aliphatic rings. The molecule has 86 valence electrons. The summed E-state index contributed by atoms with van der Waals surface area (Å²) < 4.78 is 3.97. The number of hydrogen-bond acceptors (Lipinski definition) is 1. The van der Waals surface area contributed by atoms with E-state index in [1.165, 1.54) is 38.5 Å². The van der Waals surface area contributed by atoms with Crippen LogP contribution in [0.25, 0.3) is 0 Å². The van der Waals surface area contributed by atoms with Gasteiger partial charge < -0.3 is 0 Å². The fraction of sp³-hybridized carbons (Fsp3) is 0.727. The van der Waals surface area contributed by atoms with E-state index < -0.39 is 0 Å². The number of unbranched alkanes of at least 4 members (excludes halogenated alkanes) is 5. The van der Waals surface area contributed by atoms with Crippen LogP contribution in [0.5, 0.6) is 0 Å². The first-order valence-corrected chi connectivity index (χ1v) is 7.21. The number of halogens is 2. The third kappa shape index (κ3) is 5.16. The Hall–Kier alpha value is 0.170. The molecule has 1 heterocycles. The van der Waals surface area contributed by atoms with E-state index in [4.69, 9.17) is 0 Å². The van der Waals surface area contributed by atoms with Crippen molar-refractivity contribution in [3.05, 3.63) is 15.3 Å². The molecular formula is C11H18Br2N2. The molecule has 4 heteroatoms. The molecule has 0 atom stereocenters. The SMILES string of the molecule is CCCCCCCCn1nc(Br)cc1Br. The van der Waals surface area contributed by atoms with Crippen molar-refractivity contribution in [1.29, 1.82) is 0 Å². The van der Waals surface area contributed by atoms with Gasteiger partial charge in [-0.25, -0.2) is 0 Å². The summed E-state index contributed by atoms with van der Waals surface area (Å²) in [6.07, 6.45) is 7.95. The van der Waals surface area contributed by atoms with Crippen molar-refractivity contribution in [3.63, 3.8) is 0 Å². The van der Waals surface area contributed by atoms with Crippen LogP contribution in [0, 0.1) is 0 Å². The van der Waals surface area contributed by atoms with E-state index >= 15 is 0 Å². The highest BCUT2D eigenvalue weighted by atomic mass is 79.9. The Morgan fingerprint density at radius 3 is 2.40 bits per heavy atom. The number of aromatic nitrogens is 2. The van der Waals surface area contributed by atoms with Crippen molar-refractivity contribution in [3.8, 4) is 0 Å². The molecule has 1 aromatic rings. The van der Waals surface area contributed by atoms with Gasteiger partial charge in [0.05, 0.1) is 0 Å². The molecule has 0 aromatic carbocycles. The number of hydrogen-bond donors (Lipinski definition) is 0. The lowest BCUT2D eigenvalue weighted by atomic mass is 10.1. The molecule has 2 nitrogen and oxygen atoms in total. The highest BCUT2D eigenvalue weighted by molar-refractivity contribution is 9.11. The van der Waals surface area contributed by atoms with Crippen LogP contribution in [-0.4, -0.2) is 9.78 Å². The predicted molar refractivity (Wildman–Crippen MR) is 71.0 cm³/mol. The molecule has 0 spiro atoms. The summed E-state index contributed by atoms with van der Waals surface area (Å²) in [7, 11) is 0. The molecule has 15 heavy (non-hydrogen) atoms. The minimum absolute atomic E-state index is 0.903. The number of nitrogens with zero attached hydrogens (tertiary/aromatic N) is 2. The second kappa shape index (κ2) is 7.44. The molecule has 0 amide bonds. The summed E-state index contributed by atoms with van der Waals surface area (Å²) in [5, 5.41) is 4.33. The normalized spacial score (nSPS) is 10.9. The van der Waals surface area contributed by atoms with Crippen molar-refractivity contribution in [2.24, 2.45) is 0 Å². The fourth-order valence-corrected chi connectivity index (χ4v) is 2.75. The molecule has 0 N–H and O–H groups in total. The van der Waals surface area contributed by atoms with E-state index in [0.29, 0.717) is 0 Å². The monoisotopic (exact) mass is 336 g/mol. The largest absolute Gasteiger partial charge is 0.257 e. The van der Waals surface area contributed by atoms with Crippen molar-refractivity contribution >= 4 is 31.9 Å². The topological polar surface area (TPSA) is 17.8 Å². The summed E-state index contributed by atoms with van der Waals surface area (Å²) in [5.41, 5.74) is 0. The second-order valence-corrected chi connectivity index (χ2v) is 5.41. The van der Waals surface area contributed by atoms with Crippen LogP contribution in [0.2, 0.25) is 0 Å². The first kappa shape index (κ1) is 13.2. The minimum Gasteiger partial charge on any atom is -0.257 e. The van der Waals surface area contributed by atoms with Crippen LogP contribution in [0.1, 0.15) is 45.4 Å². The van der Waals surface area contributed by atoms with Crippen molar-refractivity contribution in [1.82, 2.24) is 9.78 Å². The molecule has 0 aliphatic heterocycles. The lowest BCUT2D eigenvalue weighted by Gasteiger charge is -2.03. The number of aryl methyl sites for hydroxylation is 1. The van der Waals surface area contributed by atoms with Crippen LogP contribution in [0.4, 0.5) is 0 Å². The Bertz CT molecular complexity index is 284. The van der Waals surface area contributed by atoms with Gasteiger partial charge in [0.25, 0.3) is 0 Å². The molecule has 0 radical (unpaired) electrons. The van der Waals surface area contributed by atoms with E-state index in [1.807, 2.05) is 10.7 Å². The Balaban J connectivity index is 2.12. The van der Waals surface area contributed by atoms with E-state index in [9.17, 15) is 0 Å². The maximum Gasteiger partial charge on any atom is 0.129 e. The molecular weight excluding hydrogens is 320 g/mol. The Morgan fingerprint density at radius 2 is 1.80 bits per heavy atom. The van der Waals surface area contributed by atoms with Crippen molar-refractivity contribution in [2.75, 3.05) is 0 Å². The van der Waals surface area contributed by atoms with Gasteiger partial charge in [-0.15, -0.1) is 0 Å². The maximum atomic E-state index is 4.33. The van der Waals surface area contributed by atoms with Gasteiger partial charge in [0.1, 0.15) is 9.21 Å². The molecule has 0 aliphatic carbocycles. The van der Waals surface area contributed by atoms with Gasteiger partial charge in [-0.05, 0) is 38.3 Å². The zero-order chi connectivity index (χ0) is 11.1. The summed E-state index contributed by atoms with van der Waals surface area (Å²) in [6.45, 7) is 3.26. The Labute approximate surface area is 109 Å². The Kier molecular flexibility index (Phi) is 6.57. The predicted octanol–water partition coefficient (Wildman–Crippen LogP) is 4.77. The second-order valence-electron chi connectivity index (χ2n) is 3.78. The summed E-state index contributed by atoms with van der Waals surface area (Å²) >= 11 is 6.85. The summed E-state index contributed by atoms with van der Waals surface area (Å²) in [4.78, 5) is 0. The third-order valence-electron chi connectivity index (χ3n) is 2.42. The third-order valence-corrected chi connectivity index (χ3v) is 3.45. The quantitative estimate of drug-likeness (QED) is 0.655. The van der Waals surface area contributed by atoms with E-state index in [0.717, 1.165) is 15.8 Å². The standard InChI is InChI=1S/C11H18Br2N2/c1-2-3-4-5-6-7-8-15-11(13)9-10(12)14-15/h9H,2-8H2,1H3. The van der Waals surface area contributed by atoms with Gasteiger partial charge >= 0.3 is 0 Å². The molecule has 0 saturated heterocycles. The highest BCUT2D eigenvalue weighted by Gasteiger charge is 2.01. The minimum atomic E-state index is 0.903. The van der Waals surface area contributed by atoms with Gasteiger partial charge in [-0.2, -0.15) is 5.10 Å². The van der Waals surface area contributed by atoms with Crippen LogP contribution >= 0.6 is 31.9 Å². The molecule has 1 rings (SSSR count). The highest BCUT2D eigenvalue weighted by Crippen LogP contribution is 2.17. The summed E-state index contributed by atoms with van der Waals surface area (Å²) in [5.74, 6) is 0. The average Bonchev–Trinajstić information content (AvgIpc) is 2.51. The van der Waals surface area contributed by atoms with Crippen molar-refractivity contribution < 1.29 is 0 Å². The van der Waals surface area contributed by atoms with Crippen LogP contribution in [0.15, 0.2) is 15.3 Å². The zero-order valence-electron chi connectivity index (χ0n) is 9.18. The lowest BCUT2D eigenvalue weighted by Crippen LogP contribution is -2.00. The van der Waals surface area contributed by atoms with Gasteiger partial charge in [-0.1, -0.05) is 39.0 Å².